The van der Waals surface area contributed by atoms with Crippen LogP contribution in [0.1, 0.15) is 17.3 Å². The third kappa shape index (κ3) is 2.91. The van der Waals surface area contributed by atoms with E-state index in [-0.39, 0.29) is 12.3 Å². The standard InChI is InChI=1S/C14H14N2O5/c1-3-21-14(19)11-13(18)10(15-16-11)12(17)8-4-6-9(20-2)7-5-8/h4-7,10,18H,3H2,1-2H3/t10-/m0/s1. The van der Waals surface area contributed by atoms with E-state index in [1.54, 1.807) is 31.2 Å². The van der Waals surface area contributed by atoms with Crippen molar-refractivity contribution >= 4 is 11.8 Å². The number of hydrogen-bond donors (Lipinski definition) is 1. The molecular weight excluding hydrogens is 276 g/mol. The first-order valence-electron chi connectivity index (χ1n) is 6.27. The lowest BCUT2D eigenvalue weighted by Crippen LogP contribution is -2.20. The van der Waals surface area contributed by atoms with Crippen LogP contribution in [0.5, 0.6) is 5.75 Å². The summed E-state index contributed by atoms with van der Waals surface area (Å²) in [5.41, 5.74) is 0.000112. The third-order valence-corrected chi connectivity index (χ3v) is 2.87. The van der Waals surface area contributed by atoms with Crippen molar-refractivity contribution in [3.63, 3.8) is 0 Å². The second-order valence-corrected chi connectivity index (χ2v) is 4.17. The number of carbonyl (C=O) groups excluding carboxylic acids is 2. The Morgan fingerprint density at radius 1 is 1.29 bits per heavy atom. The van der Waals surface area contributed by atoms with E-state index >= 15 is 0 Å². The molecule has 7 heteroatoms. The van der Waals surface area contributed by atoms with Gasteiger partial charge >= 0.3 is 5.97 Å². The number of hydrogen-bond acceptors (Lipinski definition) is 7. The van der Waals surface area contributed by atoms with Gasteiger partial charge in [0, 0.05) is 5.56 Å². The Kier molecular flexibility index (Phi) is 4.32. The van der Waals surface area contributed by atoms with Gasteiger partial charge < -0.3 is 14.6 Å². The van der Waals surface area contributed by atoms with E-state index in [9.17, 15) is 14.7 Å². The fraction of sp³-hybridized carbons (Fsp3) is 0.286. The van der Waals surface area contributed by atoms with Crippen LogP contribution in [0.15, 0.2) is 46.0 Å². The molecule has 1 heterocycles. The van der Waals surface area contributed by atoms with Gasteiger partial charge in [-0.2, -0.15) is 5.11 Å². The predicted octanol–water partition coefficient (Wildman–Crippen LogP) is 2.04. The molecule has 1 aromatic rings. The average molecular weight is 290 g/mol. The van der Waals surface area contributed by atoms with Crippen LogP contribution in [0.3, 0.4) is 0 Å². The molecule has 1 aliphatic heterocycles. The van der Waals surface area contributed by atoms with Crippen molar-refractivity contribution in [2.75, 3.05) is 13.7 Å². The molecule has 0 radical (unpaired) electrons. The van der Waals surface area contributed by atoms with Crippen LogP contribution in [0.25, 0.3) is 0 Å². The summed E-state index contributed by atoms with van der Waals surface area (Å²) in [5.74, 6) is -1.15. The van der Waals surface area contributed by atoms with Crippen LogP contribution >= 0.6 is 0 Å². The van der Waals surface area contributed by atoms with Crippen LogP contribution < -0.4 is 4.74 Å². The Labute approximate surface area is 120 Å². The minimum Gasteiger partial charge on any atom is -0.507 e. The molecule has 0 spiro atoms. The Morgan fingerprint density at radius 3 is 2.52 bits per heavy atom. The number of carbonyl (C=O) groups is 2. The van der Waals surface area contributed by atoms with Crippen LogP contribution in [0.4, 0.5) is 0 Å². The maximum absolute atomic E-state index is 12.2. The fourth-order valence-electron chi connectivity index (χ4n) is 1.79. The van der Waals surface area contributed by atoms with Gasteiger partial charge in [-0.15, -0.1) is 5.11 Å². The highest BCUT2D eigenvalue weighted by Gasteiger charge is 2.34. The molecule has 0 aliphatic carbocycles. The molecule has 0 amide bonds. The highest BCUT2D eigenvalue weighted by molar-refractivity contribution is 6.03. The van der Waals surface area contributed by atoms with Gasteiger partial charge in [-0.3, -0.25) is 4.79 Å². The molecule has 0 unspecified atom stereocenters. The van der Waals surface area contributed by atoms with E-state index < -0.39 is 23.6 Å². The number of rotatable bonds is 5. The van der Waals surface area contributed by atoms with Crippen molar-refractivity contribution in [2.24, 2.45) is 10.2 Å². The molecule has 1 aromatic carbocycles. The first kappa shape index (κ1) is 14.7. The number of aliphatic hydroxyl groups is 1. The van der Waals surface area contributed by atoms with Gasteiger partial charge in [0.05, 0.1) is 13.7 Å². The molecule has 0 saturated carbocycles. The van der Waals surface area contributed by atoms with Crippen molar-refractivity contribution in [3.8, 4) is 5.75 Å². The van der Waals surface area contributed by atoms with Gasteiger partial charge in [0.25, 0.3) is 0 Å². The lowest BCUT2D eigenvalue weighted by Gasteiger charge is -2.07. The second kappa shape index (κ2) is 6.17. The molecule has 0 saturated heterocycles. The number of nitrogens with zero attached hydrogens (tertiary/aromatic N) is 2. The monoisotopic (exact) mass is 290 g/mol. The molecule has 0 bridgehead atoms. The number of Topliss-reactive ketones (excluding diaryl/α,β-unsaturated/α-hetero) is 1. The van der Waals surface area contributed by atoms with Gasteiger partial charge in [0.1, 0.15) is 5.75 Å². The summed E-state index contributed by atoms with van der Waals surface area (Å²) in [5, 5.41) is 17.1. The van der Waals surface area contributed by atoms with E-state index in [1.165, 1.54) is 7.11 Å². The molecule has 1 N–H and O–H groups in total. The number of aliphatic hydroxyl groups excluding tert-OH is 1. The number of methoxy groups -OCH3 is 1. The number of ether oxygens (including phenoxy) is 2. The van der Waals surface area contributed by atoms with Crippen molar-refractivity contribution in [3.05, 3.63) is 41.3 Å². The fourth-order valence-corrected chi connectivity index (χ4v) is 1.79. The zero-order valence-electron chi connectivity index (χ0n) is 11.6. The Balaban J connectivity index is 2.20. The second-order valence-electron chi connectivity index (χ2n) is 4.17. The first-order valence-corrected chi connectivity index (χ1v) is 6.27. The quantitative estimate of drug-likeness (QED) is 0.661. The maximum Gasteiger partial charge on any atom is 0.362 e. The summed E-state index contributed by atoms with van der Waals surface area (Å²) >= 11 is 0. The summed E-state index contributed by atoms with van der Waals surface area (Å²) in [6, 6.07) is 5.12. The lowest BCUT2D eigenvalue weighted by molar-refractivity contribution is -0.138. The van der Waals surface area contributed by atoms with Crippen LogP contribution in [0.2, 0.25) is 0 Å². The summed E-state index contributed by atoms with van der Waals surface area (Å²) in [6.45, 7) is 1.77. The maximum atomic E-state index is 12.2. The van der Waals surface area contributed by atoms with Gasteiger partial charge in [-0.05, 0) is 31.2 Å². The van der Waals surface area contributed by atoms with Gasteiger partial charge in [0.2, 0.25) is 5.70 Å². The van der Waals surface area contributed by atoms with Gasteiger partial charge in [0.15, 0.2) is 17.6 Å². The largest absolute Gasteiger partial charge is 0.507 e. The summed E-state index contributed by atoms with van der Waals surface area (Å²) in [7, 11) is 1.52. The van der Waals surface area contributed by atoms with Crippen molar-refractivity contribution in [1.82, 2.24) is 0 Å². The van der Waals surface area contributed by atoms with Gasteiger partial charge in [-0.1, -0.05) is 0 Å². The number of ketones is 1. The number of esters is 1. The van der Waals surface area contributed by atoms with Crippen LogP contribution in [-0.4, -0.2) is 36.6 Å². The third-order valence-electron chi connectivity index (χ3n) is 2.87. The molecule has 0 aromatic heterocycles. The van der Waals surface area contributed by atoms with Crippen molar-refractivity contribution < 1.29 is 24.2 Å². The topological polar surface area (TPSA) is 97.5 Å². The Hall–Kier alpha value is -2.70. The molecule has 2 rings (SSSR count). The van der Waals surface area contributed by atoms with E-state index in [4.69, 9.17) is 9.47 Å². The zero-order chi connectivity index (χ0) is 15.4. The highest BCUT2D eigenvalue weighted by atomic mass is 16.5. The van der Waals surface area contributed by atoms with Crippen molar-refractivity contribution in [2.45, 2.75) is 13.0 Å². The molecule has 0 fully saturated rings. The van der Waals surface area contributed by atoms with Crippen LogP contribution in [0, 0.1) is 0 Å². The number of azo groups is 1. The molecule has 110 valence electrons. The van der Waals surface area contributed by atoms with Crippen LogP contribution in [-0.2, 0) is 9.53 Å². The Bertz CT molecular complexity index is 619. The molecule has 21 heavy (non-hydrogen) atoms. The SMILES string of the molecule is CCOC(=O)C1=C(O)[C@H](C(=O)c2ccc(OC)cc2)N=N1. The molecular formula is C14H14N2O5. The normalized spacial score (nSPS) is 17.0. The predicted molar refractivity (Wildman–Crippen MR) is 72.3 cm³/mol. The van der Waals surface area contributed by atoms with Gasteiger partial charge in [-0.25, -0.2) is 4.79 Å². The smallest absolute Gasteiger partial charge is 0.362 e. The van der Waals surface area contributed by atoms with Crippen molar-refractivity contribution in [1.29, 1.82) is 0 Å². The molecule has 1 aliphatic rings. The molecule has 1 atom stereocenters. The van der Waals surface area contributed by atoms with E-state index in [2.05, 4.69) is 10.2 Å². The Morgan fingerprint density at radius 2 is 1.95 bits per heavy atom. The van der Waals surface area contributed by atoms with E-state index in [1.807, 2.05) is 0 Å². The highest BCUT2D eigenvalue weighted by Crippen LogP contribution is 2.24. The lowest BCUT2D eigenvalue weighted by atomic mass is 10.0. The number of benzene rings is 1. The summed E-state index contributed by atoms with van der Waals surface area (Å²) in [6.07, 6.45) is 0. The molecule has 7 nitrogen and oxygen atoms in total. The summed E-state index contributed by atoms with van der Waals surface area (Å²) < 4.78 is 9.72. The van der Waals surface area contributed by atoms with E-state index in [0.29, 0.717) is 11.3 Å². The minimum atomic E-state index is -1.21. The zero-order valence-corrected chi connectivity index (χ0v) is 11.6. The minimum absolute atomic E-state index is 0.141. The first-order chi connectivity index (χ1) is 10.1. The average Bonchev–Trinajstić information content (AvgIpc) is 2.88. The summed E-state index contributed by atoms with van der Waals surface area (Å²) in [4.78, 5) is 23.8. The van der Waals surface area contributed by atoms with E-state index in [0.717, 1.165) is 0 Å².